The van der Waals surface area contributed by atoms with E-state index in [4.69, 9.17) is 14.2 Å². The Morgan fingerprint density at radius 1 is 1.05 bits per heavy atom. The second-order valence-electron chi connectivity index (χ2n) is 9.10. The number of hydrogen-bond acceptors (Lipinski definition) is 6. The van der Waals surface area contributed by atoms with Gasteiger partial charge < -0.3 is 24.2 Å². The lowest BCUT2D eigenvalue weighted by molar-refractivity contribution is -0.140. The Morgan fingerprint density at radius 2 is 1.84 bits per heavy atom. The molecule has 7 heteroatoms. The monoisotopic (exact) mass is 499 g/mol. The molecule has 1 unspecified atom stereocenters. The Hall–Kier alpha value is -4.10. The van der Waals surface area contributed by atoms with Crippen LogP contribution in [0.3, 0.4) is 0 Å². The number of aliphatic hydroxyl groups is 1. The van der Waals surface area contributed by atoms with Crippen molar-refractivity contribution in [2.45, 2.75) is 25.5 Å². The Balaban J connectivity index is 1.48. The van der Waals surface area contributed by atoms with E-state index in [1.807, 2.05) is 60.7 Å². The van der Waals surface area contributed by atoms with Crippen LogP contribution in [0.4, 0.5) is 0 Å². The van der Waals surface area contributed by atoms with Gasteiger partial charge in [0.25, 0.3) is 11.7 Å². The number of Topliss-reactive ketones (excluding diaryl/α,β-unsaturated/α-hetero) is 1. The number of benzene rings is 3. The molecule has 3 aromatic rings. The number of methoxy groups -OCH3 is 1. The number of ketones is 1. The minimum absolute atomic E-state index is 0.0655. The number of aryl methyl sites for hydroxylation is 1. The highest BCUT2D eigenvalue weighted by Crippen LogP contribution is 2.40. The van der Waals surface area contributed by atoms with Crippen LogP contribution in [0.5, 0.6) is 11.5 Å². The zero-order valence-corrected chi connectivity index (χ0v) is 20.7. The molecule has 0 aliphatic carbocycles. The summed E-state index contributed by atoms with van der Waals surface area (Å²) in [5.41, 5.74) is 3.28. The minimum Gasteiger partial charge on any atom is -0.507 e. The maximum atomic E-state index is 13.2. The predicted octanol–water partition coefficient (Wildman–Crippen LogP) is 4.66. The van der Waals surface area contributed by atoms with Crippen LogP contribution in [-0.2, 0) is 27.4 Å². The third-order valence-electron chi connectivity index (χ3n) is 6.70. The highest BCUT2D eigenvalue weighted by atomic mass is 16.5. The summed E-state index contributed by atoms with van der Waals surface area (Å²) in [6.07, 6.45) is 1.71. The molecule has 0 spiro atoms. The van der Waals surface area contributed by atoms with E-state index >= 15 is 0 Å². The Bertz CT molecular complexity index is 1320. The molecule has 1 saturated heterocycles. The summed E-state index contributed by atoms with van der Waals surface area (Å²) in [6.45, 7) is 1.56. The first-order valence-corrected chi connectivity index (χ1v) is 12.4. The number of likely N-dealkylation sites (tertiary alicyclic amines) is 1. The molecule has 1 atom stereocenters. The van der Waals surface area contributed by atoms with Crippen molar-refractivity contribution in [2.24, 2.45) is 0 Å². The van der Waals surface area contributed by atoms with E-state index in [9.17, 15) is 14.7 Å². The average molecular weight is 500 g/mol. The van der Waals surface area contributed by atoms with Gasteiger partial charge in [0, 0.05) is 19.2 Å². The van der Waals surface area contributed by atoms with Crippen molar-refractivity contribution < 1.29 is 28.9 Å². The second kappa shape index (κ2) is 10.9. The second-order valence-corrected chi connectivity index (χ2v) is 9.10. The van der Waals surface area contributed by atoms with Gasteiger partial charge in [0.05, 0.1) is 24.8 Å². The van der Waals surface area contributed by atoms with Crippen LogP contribution in [0, 0.1) is 0 Å². The number of ether oxygens (including phenoxy) is 3. The molecule has 5 rings (SSSR count). The van der Waals surface area contributed by atoms with Crippen LogP contribution < -0.4 is 9.47 Å². The molecule has 3 aromatic carbocycles. The number of rotatable bonds is 8. The van der Waals surface area contributed by atoms with Crippen LogP contribution in [0.2, 0.25) is 0 Å². The van der Waals surface area contributed by atoms with Crippen molar-refractivity contribution in [3.05, 3.63) is 101 Å². The van der Waals surface area contributed by atoms with Gasteiger partial charge in [0.1, 0.15) is 23.9 Å². The maximum Gasteiger partial charge on any atom is 0.295 e. The topological polar surface area (TPSA) is 85.3 Å². The normalized spacial score (nSPS) is 18.4. The number of amides is 1. The number of hydrogen-bond donors (Lipinski definition) is 1. The Kier molecular flexibility index (Phi) is 7.23. The van der Waals surface area contributed by atoms with Crippen LogP contribution in [0.15, 0.2) is 78.4 Å². The van der Waals surface area contributed by atoms with Gasteiger partial charge in [-0.05, 0) is 59.9 Å². The molecule has 0 aromatic heterocycles. The molecular weight excluding hydrogens is 470 g/mol. The molecule has 1 amide bonds. The summed E-state index contributed by atoms with van der Waals surface area (Å²) in [6, 6.07) is 21.7. The van der Waals surface area contributed by atoms with E-state index in [1.165, 1.54) is 4.90 Å². The van der Waals surface area contributed by atoms with E-state index in [1.54, 1.807) is 19.2 Å². The summed E-state index contributed by atoms with van der Waals surface area (Å²) in [7, 11) is 1.54. The van der Waals surface area contributed by atoms with Crippen molar-refractivity contribution >= 4 is 17.4 Å². The minimum atomic E-state index is -0.745. The summed E-state index contributed by atoms with van der Waals surface area (Å²) in [5, 5.41) is 11.3. The third kappa shape index (κ3) is 5.08. The molecule has 2 aliphatic rings. The summed E-state index contributed by atoms with van der Waals surface area (Å²) >= 11 is 0. The smallest absolute Gasteiger partial charge is 0.295 e. The number of carbonyl (C=O) groups is 2. The first kappa shape index (κ1) is 24.6. The molecule has 37 heavy (non-hydrogen) atoms. The molecule has 2 heterocycles. The fourth-order valence-corrected chi connectivity index (χ4v) is 4.80. The number of aliphatic hydroxyl groups excluding tert-OH is 1. The fraction of sp³-hybridized carbons (Fsp3) is 0.267. The van der Waals surface area contributed by atoms with Crippen LogP contribution in [0.1, 0.15) is 34.7 Å². The predicted molar refractivity (Wildman–Crippen MR) is 138 cm³/mol. The maximum absolute atomic E-state index is 13.2. The first-order chi connectivity index (χ1) is 18.1. The lowest BCUT2D eigenvalue weighted by atomic mass is 9.94. The van der Waals surface area contributed by atoms with E-state index in [0.29, 0.717) is 30.1 Å². The highest BCUT2D eigenvalue weighted by molar-refractivity contribution is 6.46. The van der Waals surface area contributed by atoms with Gasteiger partial charge in [-0.3, -0.25) is 9.59 Å². The van der Waals surface area contributed by atoms with E-state index in [0.717, 1.165) is 29.7 Å². The molecule has 1 fully saturated rings. The molecule has 0 saturated carbocycles. The van der Waals surface area contributed by atoms with Gasteiger partial charge in [0.15, 0.2) is 0 Å². The van der Waals surface area contributed by atoms with Gasteiger partial charge in [-0.15, -0.1) is 0 Å². The van der Waals surface area contributed by atoms with E-state index < -0.39 is 17.7 Å². The average Bonchev–Trinajstić information content (AvgIpc) is 3.20. The number of nitrogens with zero attached hydrogens (tertiary/aromatic N) is 1. The van der Waals surface area contributed by atoms with Crippen molar-refractivity contribution in [3.8, 4) is 11.5 Å². The first-order valence-electron chi connectivity index (χ1n) is 12.4. The summed E-state index contributed by atoms with van der Waals surface area (Å²) < 4.78 is 16.8. The number of carbonyl (C=O) groups excluding carboxylic acids is 2. The fourth-order valence-electron chi connectivity index (χ4n) is 4.80. The quantitative estimate of drug-likeness (QED) is 0.276. The van der Waals surface area contributed by atoms with Gasteiger partial charge in [-0.1, -0.05) is 42.5 Å². The van der Waals surface area contributed by atoms with Crippen molar-refractivity contribution in [3.63, 3.8) is 0 Å². The van der Waals surface area contributed by atoms with Crippen molar-refractivity contribution in [1.29, 1.82) is 0 Å². The van der Waals surface area contributed by atoms with Crippen LogP contribution >= 0.6 is 0 Å². The molecule has 190 valence electrons. The molecule has 2 aliphatic heterocycles. The lowest BCUT2D eigenvalue weighted by Gasteiger charge is -2.25. The van der Waals surface area contributed by atoms with Gasteiger partial charge in [0.2, 0.25) is 0 Å². The molecule has 0 radical (unpaired) electrons. The molecule has 1 N–H and O–H groups in total. The van der Waals surface area contributed by atoms with Crippen molar-refractivity contribution in [1.82, 2.24) is 4.90 Å². The molecule has 0 bridgehead atoms. The SMILES string of the molecule is COCCN1C(=O)C(=O)/C(=C(\O)c2ccc3c(c2)CCCO3)C1c1ccc(OCc2ccccc2)cc1. The van der Waals surface area contributed by atoms with Gasteiger partial charge in [-0.25, -0.2) is 0 Å². The third-order valence-corrected chi connectivity index (χ3v) is 6.70. The van der Waals surface area contributed by atoms with Crippen molar-refractivity contribution in [2.75, 3.05) is 26.9 Å². The highest BCUT2D eigenvalue weighted by Gasteiger charge is 2.45. The summed E-state index contributed by atoms with van der Waals surface area (Å²) in [5.74, 6) is -0.116. The molecular formula is C30H29NO6. The zero-order valence-electron chi connectivity index (χ0n) is 20.7. The number of fused-ring (bicyclic) bond motifs is 1. The largest absolute Gasteiger partial charge is 0.507 e. The molecule has 7 nitrogen and oxygen atoms in total. The summed E-state index contributed by atoms with van der Waals surface area (Å²) in [4.78, 5) is 27.7. The Labute approximate surface area is 215 Å². The van der Waals surface area contributed by atoms with E-state index in [-0.39, 0.29) is 24.5 Å². The standard InChI is InChI=1S/C30H29NO6/c1-35-17-15-31-27(21-9-12-24(13-10-21)37-19-20-6-3-2-4-7-20)26(29(33)30(31)34)28(32)23-11-14-25-22(18-23)8-5-16-36-25/h2-4,6-7,9-14,18,27,32H,5,8,15-17,19H2,1H3/b28-26-. The van der Waals surface area contributed by atoms with Gasteiger partial charge in [-0.2, -0.15) is 0 Å². The Morgan fingerprint density at radius 3 is 2.59 bits per heavy atom. The lowest BCUT2D eigenvalue weighted by Crippen LogP contribution is -2.32. The van der Waals surface area contributed by atoms with Crippen LogP contribution in [0.25, 0.3) is 5.76 Å². The zero-order chi connectivity index (χ0) is 25.8. The van der Waals surface area contributed by atoms with Gasteiger partial charge >= 0.3 is 0 Å². The van der Waals surface area contributed by atoms with Crippen LogP contribution in [-0.4, -0.2) is 48.6 Å². The van der Waals surface area contributed by atoms with E-state index in [2.05, 4.69) is 0 Å².